The van der Waals surface area contributed by atoms with Crippen LogP contribution in [0.5, 0.6) is 0 Å². The number of hydrogen-bond donors (Lipinski definition) is 2. The maximum absolute atomic E-state index is 13.4. The molecule has 3 rings (SSSR count). The minimum absolute atomic E-state index is 0.0133. The monoisotopic (exact) mass is 464 g/mol. The standard InChI is InChI=1S/C27H32N2O3S/c1-2-3-21-33(31,32)29-25(20-19-22-13-7-4-8-14-22)27(30)28-26(23-15-9-5-10-16-23)24-17-11-6-12-18-24/h4-18,25-26,29H,2-3,19-21H2,1H3,(H,28,30)/t25-/m0/s1. The van der Waals surface area contributed by atoms with Crippen molar-refractivity contribution < 1.29 is 13.2 Å². The molecule has 174 valence electrons. The second-order valence-corrected chi connectivity index (χ2v) is 10.0. The SMILES string of the molecule is CCCCS(=O)(=O)N[C@@H](CCc1ccccc1)C(=O)NC(c1ccccc1)c1ccccc1. The van der Waals surface area contributed by atoms with Crippen LogP contribution in [0.15, 0.2) is 91.0 Å². The Labute approximate surface area is 197 Å². The number of amides is 1. The fourth-order valence-electron chi connectivity index (χ4n) is 3.70. The molecule has 0 saturated carbocycles. The fourth-order valence-corrected chi connectivity index (χ4v) is 5.15. The summed E-state index contributed by atoms with van der Waals surface area (Å²) in [6, 6.07) is 28.0. The normalized spacial score (nSPS) is 12.4. The molecular weight excluding hydrogens is 432 g/mol. The second kappa shape index (κ2) is 12.3. The molecule has 0 aromatic heterocycles. The van der Waals surface area contributed by atoms with Crippen LogP contribution in [-0.4, -0.2) is 26.1 Å². The maximum Gasteiger partial charge on any atom is 0.238 e. The Morgan fingerprint density at radius 1 is 0.818 bits per heavy atom. The Morgan fingerprint density at radius 2 is 1.33 bits per heavy atom. The van der Waals surface area contributed by atoms with E-state index < -0.39 is 16.1 Å². The van der Waals surface area contributed by atoms with Crippen molar-refractivity contribution in [2.75, 3.05) is 5.75 Å². The first-order chi connectivity index (χ1) is 16.0. The van der Waals surface area contributed by atoms with Crippen LogP contribution < -0.4 is 10.0 Å². The van der Waals surface area contributed by atoms with E-state index in [0.29, 0.717) is 19.3 Å². The number of rotatable bonds is 12. The average Bonchev–Trinajstić information content (AvgIpc) is 2.85. The highest BCUT2D eigenvalue weighted by Gasteiger charge is 2.27. The van der Waals surface area contributed by atoms with Crippen LogP contribution in [0.2, 0.25) is 0 Å². The summed E-state index contributed by atoms with van der Waals surface area (Å²) in [5, 5.41) is 3.10. The fraction of sp³-hybridized carbons (Fsp3) is 0.296. The van der Waals surface area contributed by atoms with E-state index in [4.69, 9.17) is 0 Å². The first-order valence-electron chi connectivity index (χ1n) is 11.4. The zero-order valence-corrected chi connectivity index (χ0v) is 19.8. The van der Waals surface area contributed by atoms with Crippen LogP contribution in [0.1, 0.15) is 48.9 Å². The third-order valence-corrected chi connectivity index (χ3v) is 6.99. The Balaban J connectivity index is 1.83. The van der Waals surface area contributed by atoms with Gasteiger partial charge in [0.25, 0.3) is 0 Å². The van der Waals surface area contributed by atoms with Gasteiger partial charge in [0.05, 0.1) is 11.8 Å². The predicted molar refractivity (Wildman–Crippen MR) is 133 cm³/mol. The molecule has 0 aliphatic heterocycles. The highest BCUT2D eigenvalue weighted by molar-refractivity contribution is 7.89. The molecule has 6 heteroatoms. The van der Waals surface area contributed by atoms with Crippen LogP contribution in [0, 0.1) is 0 Å². The Bertz CT molecular complexity index is 1050. The lowest BCUT2D eigenvalue weighted by molar-refractivity contribution is -0.123. The number of benzene rings is 3. The van der Waals surface area contributed by atoms with Gasteiger partial charge in [-0.15, -0.1) is 0 Å². The molecule has 0 bridgehead atoms. The third-order valence-electron chi connectivity index (χ3n) is 5.52. The molecule has 3 aromatic rings. The largest absolute Gasteiger partial charge is 0.344 e. The van der Waals surface area contributed by atoms with Gasteiger partial charge in [0, 0.05) is 0 Å². The molecule has 1 amide bonds. The highest BCUT2D eigenvalue weighted by atomic mass is 32.2. The van der Waals surface area contributed by atoms with Crippen LogP contribution >= 0.6 is 0 Å². The van der Waals surface area contributed by atoms with Crippen molar-refractivity contribution >= 4 is 15.9 Å². The zero-order valence-electron chi connectivity index (χ0n) is 19.0. The summed E-state index contributed by atoms with van der Waals surface area (Å²) in [7, 11) is -3.57. The molecule has 0 fully saturated rings. The molecule has 0 radical (unpaired) electrons. The van der Waals surface area contributed by atoms with Gasteiger partial charge in [-0.05, 0) is 36.0 Å². The number of sulfonamides is 1. The smallest absolute Gasteiger partial charge is 0.238 e. The number of aryl methyl sites for hydroxylation is 1. The van der Waals surface area contributed by atoms with Crippen molar-refractivity contribution in [2.45, 2.75) is 44.7 Å². The Morgan fingerprint density at radius 3 is 1.85 bits per heavy atom. The highest BCUT2D eigenvalue weighted by Crippen LogP contribution is 2.22. The minimum Gasteiger partial charge on any atom is -0.344 e. The molecule has 33 heavy (non-hydrogen) atoms. The first kappa shape index (κ1) is 24.7. The van der Waals surface area contributed by atoms with Gasteiger partial charge in [-0.25, -0.2) is 13.1 Å². The summed E-state index contributed by atoms with van der Waals surface area (Å²) < 4.78 is 28.0. The molecule has 0 aliphatic rings. The van der Waals surface area contributed by atoms with E-state index in [1.165, 1.54) is 0 Å². The van der Waals surface area contributed by atoms with Crippen molar-refractivity contribution in [3.05, 3.63) is 108 Å². The minimum atomic E-state index is -3.57. The van der Waals surface area contributed by atoms with E-state index >= 15 is 0 Å². The Kier molecular flexibility index (Phi) is 9.22. The molecule has 3 aromatic carbocycles. The molecule has 0 heterocycles. The van der Waals surface area contributed by atoms with Gasteiger partial charge >= 0.3 is 0 Å². The van der Waals surface area contributed by atoms with E-state index in [2.05, 4.69) is 10.0 Å². The lowest BCUT2D eigenvalue weighted by Gasteiger charge is -2.24. The molecule has 0 saturated heterocycles. The molecule has 0 aliphatic carbocycles. The van der Waals surface area contributed by atoms with Gasteiger partial charge in [-0.1, -0.05) is 104 Å². The van der Waals surface area contributed by atoms with Crippen molar-refractivity contribution in [3.8, 4) is 0 Å². The van der Waals surface area contributed by atoms with Crippen molar-refractivity contribution in [2.24, 2.45) is 0 Å². The van der Waals surface area contributed by atoms with E-state index in [-0.39, 0.29) is 17.7 Å². The summed E-state index contributed by atoms with van der Waals surface area (Å²) in [5.41, 5.74) is 2.94. The quantitative estimate of drug-likeness (QED) is 0.411. The van der Waals surface area contributed by atoms with Gasteiger partial charge in [0.15, 0.2) is 0 Å². The van der Waals surface area contributed by atoms with E-state index in [9.17, 15) is 13.2 Å². The molecule has 0 unspecified atom stereocenters. The van der Waals surface area contributed by atoms with Crippen molar-refractivity contribution in [1.82, 2.24) is 10.0 Å². The van der Waals surface area contributed by atoms with Gasteiger partial charge in [0.2, 0.25) is 15.9 Å². The maximum atomic E-state index is 13.4. The van der Waals surface area contributed by atoms with Crippen LogP contribution in [0.4, 0.5) is 0 Å². The number of carbonyl (C=O) groups excluding carboxylic acids is 1. The summed E-state index contributed by atoms with van der Waals surface area (Å²) in [6.07, 6.45) is 2.29. The van der Waals surface area contributed by atoms with Crippen LogP contribution in [0.3, 0.4) is 0 Å². The Hall–Kier alpha value is -2.96. The first-order valence-corrected chi connectivity index (χ1v) is 13.1. The van der Waals surface area contributed by atoms with E-state index in [1.54, 1.807) is 0 Å². The lowest BCUT2D eigenvalue weighted by Crippen LogP contribution is -2.48. The summed E-state index contributed by atoms with van der Waals surface area (Å²) in [5.74, 6) is -0.317. The van der Waals surface area contributed by atoms with Gasteiger partial charge in [-0.2, -0.15) is 0 Å². The second-order valence-electron chi connectivity index (χ2n) is 8.13. The summed E-state index contributed by atoms with van der Waals surface area (Å²) in [6.45, 7) is 1.94. The average molecular weight is 465 g/mol. The van der Waals surface area contributed by atoms with Crippen molar-refractivity contribution in [1.29, 1.82) is 0 Å². The molecule has 1 atom stereocenters. The van der Waals surface area contributed by atoms with E-state index in [1.807, 2.05) is 97.9 Å². The molecule has 0 spiro atoms. The van der Waals surface area contributed by atoms with Crippen LogP contribution in [-0.2, 0) is 21.2 Å². The lowest BCUT2D eigenvalue weighted by atomic mass is 9.98. The molecule has 2 N–H and O–H groups in total. The topological polar surface area (TPSA) is 75.3 Å². The summed E-state index contributed by atoms with van der Waals surface area (Å²) >= 11 is 0. The van der Waals surface area contributed by atoms with Crippen LogP contribution in [0.25, 0.3) is 0 Å². The third kappa shape index (κ3) is 7.84. The van der Waals surface area contributed by atoms with Crippen molar-refractivity contribution in [3.63, 3.8) is 0 Å². The predicted octanol–water partition coefficient (Wildman–Crippen LogP) is 4.61. The number of hydrogen-bond acceptors (Lipinski definition) is 3. The van der Waals surface area contributed by atoms with Gasteiger partial charge in [0.1, 0.15) is 6.04 Å². The molecule has 5 nitrogen and oxygen atoms in total. The number of carbonyl (C=O) groups is 1. The number of unbranched alkanes of at least 4 members (excludes halogenated alkanes) is 1. The van der Waals surface area contributed by atoms with Gasteiger partial charge in [-0.3, -0.25) is 4.79 Å². The van der Waals surface area contributed by atoms with Gasteiger partial charge < -0.3 is 5.32 Å². The molecular formula is C27H32N2O3S. The summed E-state index contributed by atoms with van der Waals surface area (Å²) in [4.78, 5) is 13.4. The zero-order chi connectivity index (χ0) is 23.5. The number of nitrogens with one attached hydrogen (secondary N) is 2. The van der Waals surface area contributed by atoms with E-state index in [0.717, 1.165) is 23.1 Å².